The van der Waals surface area contributed by atoms with Gasteiger partial charge in [-0.2, -0.15) is 0 Å². The van der Waals surface area contributed by atoms with Crippen LogP contribution in [-0.2, 0) is 9.53 Å². The number of carbonyl (C=O) groups is 1. The summed E-state index contributed by atoms with van der Waals surface area (Å²) in [6.45, 7) is 10.1. The zero-order valence-electron chi connectivity index (χ0n) is 9.10. The molecule has 0 unspecified atom stereocenters. The van der Waals surface area contributed by atoms with Crippen molar-refractivity contribution in [2.75, 3.05) is 0 Å². The average Bonchev–Trinajstić information content (AvgIpc) is 2.01. The maximum Gasteiger partial charge on any atom is 0.317 e. The average molecular weight is 182 g/mol. The van der Waals surface area contributed by atoms with E-state index < -0.39 is 0 Å². The van der Waals surface area contributed by atoms with Crippen LogP contribution < -0.4 is 0 Å². The number of hydrogen-bond acceptors (Lipinski definition) is 2. The lowest BCUT2D eigenvalue weighted by Gasteiger charge is -2.12. The molecule has 1 heterocycles. The highest BCUT2D eigenvalue weighted by molar-refractivity contribution is 5.79. The molecule has 0 aromatic carbocycles. The summed E-state index contributed by atoms with van der Waals surface area (Å²) in [7, 11) is 0. The van der Waals surface area contributed by atoms with Crippen LogP contribution >= 0.6 is 0 Å². The standard InChI is InChI=1S/C11H18O2/c1-10(2,3)6-8-7-11(4,5)9(12)13-8/h6H,7H2,1-5H3/b8-6-. The summed E-state index contributed by atoms with van der Waals surface area (Å²) >= 11 is 0. The van der Waals surface area contributed by atoms with Gasteiger partial charge in [0.05, 0.1) is 5.41 Å². The fraction of sp³-hybridized carbons (Fsp3) is 0.727. The lowest BCUT2D eigenvalue weighted by molar-refractivity contribution is -0.142. The molecular weight excluding hydrogens is 164 g/mol. The predicted molar refractivity (Wildman–Crippen MR) is 52.0 cm³/mol. The highest BCUT2D eigenvalue weighted by Gasteiger charge is 2.38. The molecule has 1 aliphatic heterocycles. The molecule has 2 heteroatoms. The van der Waals surface area contributed by atoms with Crippen molar-refractivity contribution in [2.45, 2.75) is 41.0 Å². The van der Waals surface area contributed by atoms with Crippen molar-refractivity contribution in [1.29, 1.82) is 0 Å². The Balaban J connectivity index is 2.81. The Morgan fingerprint density at radius 3 is 2.23 bits per heavy atom. The van der Waals surface area contributed by atoms with E-state index in [1.54, 1.807) is 0 Å². The van der Waals surface area contributed by atoms with Crippen molar-refractivity contribution in [3.05, 3.63) is 11.8 Å². The summed E-state index contributed by atoms with van der Waals surface area (Å²) in [6.07, 6.45) is 2.75. The molecule has 0 N–H and O–H groups in total. The molecule has 0 atom stereocenters. The molecule has 0 aromatic heterocycles. The molecule has 74 valence electrons. The minimum Gasteiger partial charge on any atom is -0.431 e. The molecule has 0 aliphatic carbocycles. The van der Waals surface area contributed by atoms with E-state index >= 15 is 0 Å². The van der Waals surface area contributed by atoms with E-state index in [2.05, 4.69) is 20.8 Å². The second kappa shape index (κ2) is 2.86. The highest BCUT2D eigenvalue weighted by atomic mass is 16.5. The van der Waals surface area contributed by atoms with Gasteiger partial charge in [0, 0.05) is 6.42 Å². The third kappa shape index (κ3) is 2.58. The molecule has 0 bridgehead atoms. The number of allylic oxidation sites excluding steroid dienone is 2. The Bertz CT molecular complexity index is 254. The minimum atomic E-state index is -0.336. The molecule has 0 aromatic rings. The first-order chi connectivity index (χ1) is 5.71. The third-order valence-corrected chi connectivity index (χ3v) is 1.99. The zero-order valence-corrected chi connectivity index (χ0v) is 9.10. The summed E-state index contributed by atoms with van der Waals surface area (Å²) in [4.78, 5) is 11.3. The number of cyclic esters (lactones) is 1. The van der Waals surface area contributed by atoms with Gasteiger partial charge in [0.15, 0.2) is 0 Å². The normalized spacial score (nSPS) is 25.0. The Labute approximate surface area is 80.0 Å². The smallest absolute Gasteiger partial charge is 0.317 e. The number of rotatable bonds is 0. The van der Waals surface area contributed by atoms with E-state index in [4.69, 9.17) is 4.74 Å². The second-order valence-electron chi connectivity index (χ2n) is 5.43. The summed E-state index contributed by atoms with van der Waals surface area (Å²) in [5.74, 6) is 0.713. The van der Waals surface area contributed by atoms with Crippen LogP contribution in [0.15, 0.2) is 11.8 Å². The summed E-state index contributed by atoms with van der Waals surface area (Å²) in [5.41, 5.74) is -0.257. The molecule has 0 spiro atoms. The van der Waals surface area contributed by atoms with E-state index in [-0.39, 0.29) is 16.8 Å². The number of ether oxygens (including phenoxy) is 1. The first kappa shape index (κ1) is 10.3. The van der Waals surface area contributed by atoms with Crippen LogP contribution in [0.2, 0.25) is 0 Å². The molecule has 1 saturated heterocycles. The minimum absolute atomic E-state index is 0.0794. The first-order valence-corrected chi connectivity index (χ1v) is 4.65. The SMILES string of the molecule is CC(C)(C)/C=C1/CC(C)(C)C(=O)O1. The van der Waals surface area contributed by atoms with Crippen molar-refractivity contribution >= 4 is 5.97 Å². The Hall–Kier alpha value is -0.790. The molecule has 13 heavy (non-hydrogen) atoms. The van der Waals surface area contributed by atoms with Crippen LogP contribution in [0.4, 0.5) is 0 Å². The maximum atomic E-state index is 11.3. The van der Waals surface area contributed by atoms with Crippen LogP contribution in [0, 0.1) is 10.8 Å². The fourth-order valence-corrected chi connectivity index (χ4v) is 1.36. The lowest BCUT2D eigenvalue weighted by atomic mass is 9.89. The maximum absolute atomic E-state index is 11.3. The van der Waals surface area contributed by atoms with Crippen molar-refractivity contribution in [2.24, 2.45) is 10.8 Å². The number of carbonyl (C=O) groups excluding carboxylic acids is 1. The Morgan fingerprint density at radius 2 is 1.92 bits per heavy atom. The molecular formula is C11H18O2. The largest absolute Gasteiger partial charge is 0.431 e. The van der Waals surface area contributed by atoms with E-state index in [0.717, 1.165) is 12.2 Å². The van der Waals surface area contributed by atoms with Crippen LogP contribution in [0.25, 0.3) is 0 Å². The monoisotopic (exact) mass is 182 g/mol. The van der Waals surface area contributed by atoms with Gasteiger partial charge in [-0.3, -0.25) is 4.79 Å². The van der Waals surface area contributed by atoms with Crippen molar-refractivity contribution in [3.8, 4) is 0 Å². The van der Waals surface area contributed by atoms with Gasteiger partial charge in [-0.15, -0.1) is 0 Å². The zero-order chi connectivity index (χ0) is 10.3. The van der Waals surface area contributed by atoms with Gasteiger partial charge in [0.25, 0.3) is 0 Å². The number of hydrogen-bond donors (Lipinski definition) is 0. The van der Waals surface area contributed by atoms with Gasteiger partial charge in [-0.25, -0.2) is 0 Å². The molecule has 2 nitrogen and oxygen atoms in total. The summed E-state index contributed by atoms with van der Waals surface area (Å²) in [6, 6.07) is 0. The van der Waals surface area contributed by atoms with E-state index in [1.807, 2.05) is 19.9 Å². The Morgan fingerprint density at radius 1 is 1.38 bits per heavy atom. The molecule has 0 radical (unpaired) electrons. The van der Waals surface area contributed by atoms with Crippen LogP contribution in [0.5, 0.6) is 0 Å². The van der Waals surface area contributed by atoms with Gasteiger partial charge in [-0.1, -0.05) is 20.8 Å². The topological polar surface area (TPSA) is 26.3 Å². The third-order valence-electron chi connectivity index (χ3n) is 1.99. The summed E-state index contributed by atoms with van der Waals surface area (Å²) < 4.78 is 5.17. The fourth-order valence-electron chi connectivity index (χ4n) is 1.36. The first-order valence-electron chi connectivity index (χ1n) is 4.65. The van der Waals surface area contributed by atoms with Crippen molar-refractivity contribution in [1.82, 2.24) is 0 Å². The molecule has 1 fully saturated rings. The van der Waals surface area contributed by atoms with Crippen molar-refractivity contribution in [3.63, 3.8) is 0 Å². The quantitative estimate of drug-likeness (QED) is 0.538. The van der Waals surface area contributed by atoms with Gasteiger partial charge in [0.1, 0.15) is 5.76 Å². The van der Waals surface area contributed by atoms with Gasteiger partial charge in [-0.05, 0) is 25.3 Å². The molecule has 0 amide bonds. The van der Waals surface area contributed by atoms with Gasteiger partial charge < -0.3 is 4.74 Å². The van der Waals surface area contributed by atoms with Gasteiger partial charge in [0.2, 0.25) is 0 Å². The van der Waals surface area contributed by atoms with Gasteiger partial charge >= 0.3 is 5.97 Å². The highest BCUT2D eigenvalue weighted by Crippen LogP contribution is 2.37. The van der Waals surface area contributed by atoms with E-state index in [0.29, 0.717) is 0 Å². The van der Waals surface area contributed by atoms with Crippen LogP contribution in [-0.4, -0.2) is 5.97 Å². The summed E-state index contributed by atoms with van der Waals surface area (Å²) in [5, 5.41) is 0. The van der Waals surface area contributed by atoms with Crippen LogP contribution in [0.1, 0.15) is 41.0 Å². The predicted octanol–water partition coefficient (Wildman–Crippen LogP) is 2.89. The Kier molecular flexibility index (Phi) is 2.27. The van der Waals surface area contributed by atoms with E-state index in [9.17, 15) is 4.79 Å². The molecule has 1 aliphatic rings. The van der Waals surface area contributed by atoms with E-state index in [1.165, 1.54) is 0 Å². The molecule has 0 saturated carbocycles. The van der Waals surface area contributed by atoms with Crippen LogP contribution in [0.3, 0.4) is 0 Å². The van der Waals surface area contributed by atoms with Crippen molar-refractivity contribution < 1.29 is 9.53 Å². The molecule has 1 rings (SSSR count). The number of esters is 1. The lowest BCUT2D eigenvalue weighted by Crippen LogP contribution is -2.16. The second-order valence-corrected chi connectivity index (χ2v) is 5.43.